The average molecular weight is 302 g/mol. The second kappa shape index (κ2) is 8.22. The number of likely N-dealkylation sites (tertiary alicyclic amines) is 1. The molecule has 2 rings (SSSR count). The van der Waals surface area contributed by atoms with Crippen molar-refractivity contribution in [2.45, 2.75) is 19.3 Å². The highest BCUT2D eigenvalue weighted by Gasteiger charge is 2.18. The standard InChI is InChI=1S/C17H22N2O3/c1-22-15-6-2-5-14(13-15)8-9-16(20)18-10-4-12-19-11-3-7-17(19)21/h2,5-6,8-9,13H,3-4,7,10-12H2,1H3,(H,18,20). The van der Waals surface area contributed by atoms with Crippen LogP contribution in [0.5, 0.6) is 5.75 Å². The molecule has 0 bridgehead atoms. The molecule has 1 N–H and O–H groups in total. The number of benzene rings is 1. The lowest BCUT2D eigenvalue weighted by molar-refractivity contribution is -0.127. The number of nitrogens with one attached hydrogen (secondary N) is 1. The van der Waals surface area contributed by atoms with Gasteiger partial charge in [-0.3, -0.25) is 9.59 Å². The number of ether oxygens (including phenoxy) is 1. The Bertz CT molecular complexity index is 555. The van der Waals surface area contributed by atoms with Gasteiger partial charge in [-0.1, -0.05) is 12.1 Å². The monoisotopic (exact) mass is 302 g/mol. The smallest absolute Gasteiger partial charge is 0.244 e. The molecule has 118 valence electrons. The molecule has 1 heterocycles. The molecular formula is C17H22N2O3. The predicted octanol–water partition coefficient (Wildman–Crippen LogP) is 1.84. The summed E-state index contributed by atoms with van der Waals surface area (Å²) in [7, 11) is 1.61. The van der Waals surface area contributed by atoms with Gasteiger partial charge in [-0.25, -0.2) is 0 Å². The molecule has 0 atom stereocenters. The summed E-state index contributed by atoms with van der Waals surface area (Å²) >= 11 is 0. The highest BCUT2D eigenvalue weighted by Crippen LogP contribution is 2.13. The predicted molar refractivity (Wildman–Crippen MR) is 85.5 cm³/mol. The summed E-state index contributed by atoms with van der Waals surface area (Å²) in [4.78, 5) is 25.0. The topological polar surface area (TPSA) is 58.6 Å². The molecule has 0 saturated carbocycles. The van der Waals surface area contributed by atoms with E-state index in [1.807, 2.05) is 29.2 Å². The number of nitrogens with zero attached hydrogens (tertiary/aromatic N) is 1. The van der Waals surface area contributed by atoms with Crippen molar-refractivity contribution in [2.24, 2.45) is 0 Å². The third-order valence-corrected chi connectivity index (χ3v) is 3.60. The van der Waals surface area contributed by atoms with E-state index in [1.54, 1.807) is 13.2 Å². The minimum Gasteiger partial charge on any atom is -0.497 e. The minimum absolute atomic E-state index is 0.129. The lowest BCUT2D eigenvalue weighted by atomic mass is 10.2. The van der Waals surface area contributed by atoms with Gasteiger partial charge in [-0.15, -0.1) is 0 Å². The van der Waals surface area contributed by atoms with Gasteiger partial charge in [0.1, 0.15) is 5.75 Å². The Hall–Kier alpha value is -2.30. The summed E-state index contributed by atoms with van der Waals surface area (Å²) in [6, 6.07) is 7.51. The maximum atomic E-state index is 11.7. The van der Waals surface area contributed by atoms with Crippen LogP contribution in [0.15, 0.2) is 30.3 Å². The van der Waals surface area contributed by atoms with Gasteiger partial charge in [-0.2, -0.15) is 0 Å². The second-order valence-electron chi connectivity index (χ2n) is 5.24. The fourth-order valence-corrected chi connectivity index (χ4v) is 2.40. The SMILES string of the molecule is COc1cccc(C=CC(=O)NCCCN2CCCC2=O)c1. The molecule has 0 spiro atoms. The van der Waals surface area contributed by atoms with Gasteiger partial charge in [0.2, 0.25) is 11.8 Å². The fraction of sp³-hybridized carbons (Fsp3) is 0.412. The van der Waals surface area contributed by atoms with E-state index in [0.717, 1.165) is 37.2 Å². The first-order valence-electron chi connectivity index (χ1n) is 7.57. The zero-order valence-corrected chi connectivity index (χ0v) is 12.9. The quantitative estimate of drug-likeness (QED) is 0.617. The zero-order valence-electron chi connectivity index (χ0n) is 12.9. The molecule has 1 fully saturated rings. The second-order valence-corrected chi connectivity index (χ2v) is 5.24. The molecule has 22 heavy (non-hydrogen) atoms. The van der Waals surface area contributed by atoms with Gasteiger partial charge < -0.3 is 15.0 Å². The number of amides is 2. The zero-order chi connectivity index (χ0) is 15.8. The Balaban J connectivity index is 1.68. The molecular weight excluding hydrogens is 280 g/mol. The van der Waals surface area contributed by atoms with Crippen molar-refractivity contribution < 1.29 is 14.3 Å². The number of carbonyl (C=O) groups excluding carboxylic acids is 2. The molecule has 0 radical (unpaired) electrons. The Morgan fingerprint density at radius 1 is 1.45 bits per heavy atom. The minimum atomic E-state index is -0.129. The first-order chi connectivity index (χ1) is 10.7. The third kappa shape index (κ3) is 4.91. The highest BCUT2D eigenvalue weighted by molar-refractivity contribution is 5.91. The molecule has 1 aromatic carbocycles. The molecule has 5 heteroatoms. The summed E-state index contributed by atoms with van der Waals surface area (Å²) in [5, 5.41) is 2.83. The molecule has 1 aliphatic heterocycles. The van der Waals surface area contributed by atoms with Crippen molar-refractivity contribution >= 4 is 17.9 Å². The number of methoxy groups -OCH3 is 1. The third-order valence-electron chi connectivity index (χ3n) is 3.60. The van der Waals surface area contributed by atoms with E-state index in [-0.39, 0.29) is 11.8 Å². The summed E-state index contributed by atoms with van der Waals surface area (Å²) < 4.78 is 5.13. The van der Waals surface area contributed by atoms with Crippen LogP contribution in [0.2, 0.25) is 0 Å². The first-order valence-corrected chi connectivity index (χ1v) is 7.57. The Kier molecular flexibility index (Phi) is 6.01. The first kappa shape index (κ1) is 16.1. The molecule has 1 aliphatic rings. The highest BCUT2D eigenvalue weighted by atomic mass is 16.5. The van der Waals surface area contributed by atoms with Crippen molar-refractivity contribution in [3.8, 4) is 5.75 Å². The molecule has 5 nitrogen and oxygen atoms in total. The van der Waals surface area contributed by atoms with Crippen LogP contribution in [0.25, 0.3) is 6.08 Å². The lowest BCUT2D eigenvalue weighted by Gasteiger charge is -2.14. The van der Waals surface area contributed by atoms with Gasteiger partial charge in [0, 0.05) is 32.1 Å². The number of rotatable bonds is 7. The number of hydrogen-bond donors (Lipinski definition) is 1. The molecule has 2 amide bonds. The Morgan fingerprint density at radius 2 is 2.32 bits per heavy atom. The van der Waals surface area contributed by atoms with Crippen molar-refractivity contribution in [1.82, 2.24) is 10.2 Å². The molecule has 1 saturated heterocycles. The Morgan fingerprint density at radius 3 is 3.05 bits per heavy atom. The van der Waals surface area contributed by atoms with Crippen molar-refractivity contribution in [1.29, 1.82) is 0 Å². The van der Waals surface area contributed by atoms with Crippen LogP contribution in [0.4, 0.5) is 0 Å². The number of hydrogen-bond acceptors (Lipinski definition) is 3. The van der Waals surface area contributed by atoms with Crippen molar-refractivity contribution in [3.63, 3.8) is 0 Å². The molecule has 0 aliphatic carbocycles. The summed E-state index contributed by atoms with van der Waals surface area (Å²) in [6.45, 7) is 2.15. The van der Waals surface area contributed by atoms with Crippen molar-refractivity contribution in [3.05, 3.63) is 35.9 Å². The van der Waals surface area contributed by atoms with E-state index < -0.39 is 0 Å². The van der Waals surface area contributed by atoms with Crippen LogP contribution in [0.1, 0.15) is 24.8 Å². The van der Waals surface area contributed by atoms with E-state index in [9.17, 15) is 9.59 Å². The van der Waals surface area contributed by atoms with Crippen molar-refractivity contribution in [2.75, 3.05) is 26.7 Å². The van der Waals surface area contributed by atoms with Gasteiger partial charge in [0.15, 0.2) is 0 Å². The maximum Gasteiger partial charge on any atom is 0.244 e. The van der Waals surface area contributed by atoms with Gasteiger partial charge in [0.25, 0.3) is 0 Å². The molecule has 0 unspecified atom stereocenters. The molecule has 0 aromatic heterocycles. The maximum absolute atomic E-state index is 11.7. The normalized spacial score (nSPS) is 14.6. The van der Waals surface area contributed by atoms with Crippen LogP contribution in [-0.4, -0.2) is 43.5 Å². The van der Waals surface area contributed by atoms with E-state index >= 15 is 0 Å². The van der Waals surface area contributed by atoms with Gasteiger partial charge in [-0.05, 0) is 36.6 Å². The summed E-state index contributed by atoms with van der Waals surface area (Å²) in [5.74, 6) is 0.859. The van der Waals surface area contributed by atoms with Gasteiger partial charge >= 0.3 is 0 Å². The largest absolute Gasteiger partial charge is 0.497 e. The van der Waals surface area contributed by atoms with E-state index in [0.29, 0.717) is 13.0 Å². The van der Waals surface area contributed by atoms with Crippen LogP contribution in [0.3, 0.4) is 0 Å². The summed E-state index contributed by atoms with van der Waals surface area (Å²) in [5.41, 5.74) is 0.914. The van der Waals surface area contributed by atoms with Crippen LogP contribution in [-0.2, 0) is 9.59 Å². The fourth-order valence-electron chi connectivity index (χ4n) is 2.40. The Labute approximate surface area is 130 Å². The lowest BCUT2D eigenvalue weighted by Crippen LogP contribution is -2.29. The van der Waals surface area contributed by atoms with E-state index in [2.05, 4.69) is 5.32 Å². The van der Waals surface area contributed by atoms with Crippen LogP contribution < -0.4 is 10.1 Å². The van der Waals surface area contributed by atoms with Crippen LogP contribution >= 0.6 is 0 Å². The summed E-state index contributed by atoms with van der Waals surface area (Å²) in [6.07, 6.45) is 5.66. The van der Waals surface area contributed by atoms with Crippen LogP contribution in [0, 0.1) is 0 Å². The van der Waals surface area contributed by atoms with Gasteiger partial charge in [0.05, 0.1) is 7.11 Å². The van der Waals surface area contributed by atoms with E-state index in [1.165, 1.54) is 6.08 Å². The number of carbonyl (C=O) groups is 2. The molecule has 1 aromatic rings. The van der Waals surface area contributed by atoms with E-state index in [4.69, 9.17) is 4.74 Å². The average Bonchev–Trinajstić information content (AvgIpc) is 2.95.